The highest BCUT2D eigenvalue weighted by atomic mass is 16.5. The van der Waals surface area contributed by atoms with E-state index in [1.54, 1.807) is 6.33 Å². The van der Waals surface area contributed by atoms with E-state index in [2.05, 4.69) is 34.3 Å². The number of aromatic nitrogens is 2. The molecule has 18 heavy (non-hydrogen) atoms. The van der Waals surface area contributed by atoms with Gasteiger partial charge in [0.05, 0.1) is 12.9 Å². The van der Waals surface area contributed by atoms with E-state index < -0.39 is 0 Å². The molecular formula is C14H19N3O. The Morgan fingerprint density at radius 3 is 2.72 bits per heavy atom. The summed E-state index contributed by atoms with van der Waals surface area (Å²) >= 11 is 0. The first-order valence-corrected chi connectivity index (χ1v) is 6.28. The second-order valence-electron chi connectivity index (χ2n) is 4.17. The first kappa shape index (κ1) is 12.6. The van der Waals surface area contributed by atoms with Gasteiger partial charge in [0.2, 0.25) is 0 Å². The van der Waals surface area contributed by atoms with Gasteiger partial charge >= 0.3 is 0 Å². The summed E-state index contributed by atoms with van der Waals surface area (Å²) in [5, 5.41) is 3.35. The van der Waals surface area contributed by atoms with E-state index in [1.807, 2.05) is 18.3 Å². The lowest BCUT2D eigenvalue weighted by Gasteiger charge is -2.06. The minimum absolute atomic E-state index is 0.775. The number of hydrogen-bond donors (Lipinski definition) is 2. The van der Waals surface area contributed by atoms with Gasteiger partial charge in [-0.25, -0.2) is 4.98 Å². The van der Waals surface area contributed by atoms with Crippen molar-refractivity contribution in [3.8, 4) is 5.75 Å². The van der Waals surface area contributed by atoms with Crippen molar-refractivity contribution in [3.63, 3.8) is 0 Å². The van der Waals surface area contributed by atoms with Crippen LogP contribution in [0.2, 0.25) is 0 Å². The maximum Gasteiger partial charge on any atom is 0.119 e. The van der Waals surface area contributed by atoms with Crippen LogP contribution in [0.25, 0.3) is 0 Å². The topological polar surface area (TPSA) is 49.9 Å². The molecule has 0 aliphatic carbocycles. The van der Waals surface area contributed by atoms with Crippen molar-refractivity contribution in [2.24, 2.45) is 0 Å². The van der Waals surface area contributed by atoms with Crippen LogP contribution in [0.5, 0.6) is 5.75 Å². The first-order chi connectivity index (χ1) is 8.88. The Morgan fingerprint density at radius 2 is 2.06 bits per heavy atom. The van der Waals surface area contributed by atoms with Crippen molar-refractivity contribution in [2.75, 3.05) is 6.61 Å². The second-order valence-corrected chi connectivity index (χ2v) is 4.17. The lowest BCUT2D eigenvalue weighted by atomic mass is 10.2. The predicted molar refractivity (Wildman–Crippen MR) is 71.4 cm³/mol. The molecule has 0 saturated heterocycles. The standard InChI is InChI=1S/C14H19N3O/c1-2-7-18-14-5-3-12(4-6-14)8-15-9-13-10-16-11-17-13/h3-6,10-11,15H,2,7-9H2,1H3,(H,16,17). The molecule has 2 N–H and O–H groups in total. The Hall–Kier alpha value is -1.81. The fourth-order valence-electron chi connectivity index (χ4n) is 1.65. The van der Waals surface area contributed by atoms with Gasteiger partial charge in [0.15, 0.2) is 0 Å². The van der Waals surface area contributed by atoms with E-state index in [0.717, 1.165) is 37.6 Å². The van der Waals surface area contributed by atoms with Gasteiger partial charge in [0.25, 0.3) is 0 Å². The van der Waals surface area contributed by atoms with E-state index in [1.165, 1.54) is 5.56 Å². The molecule has 0 bridgehead atoms. The third-order valence-corrected chi connectivity index (χ3v) is 2.60. The maximum atomic E-state index is 5.54. The summed E-state index contributed by atoms with van der Waals surface area (Å²) in [5.74, 6) is 0.939. The molecule has 2 aromatic rings. The average Bonchev–Trinajstić information content (AvgIpc) is 2.91. The molecule has 0 radical (unpaired) electrons. The third kappa shape index (κ3) is 3.89. The Kier molecular flexibility index (Phi) is 4.78. The number of nitrogens with zero attached hydrogens (tertiary/aromatic N) is 1. The highest BCUT2D eigenvalue weighted by Crippen LogP contribution is 2.12. The summed E-state index contributed by atoms with van der Waals surface area (Å²) in [4.78, 5) is 7.04. The molecule has 96 valence electrons. The molecule has 0 saturated carbocycles. The number of ether oxygens (including phenoxy) is 1. The fraction of sp³-hybridized carbons (Fsp3) is 0.357. The molecule has 0 spiro atoms. The van der Waals surface area contributed by atoms with Crippen LogP contribution < -0.4 is 10.1 Å². The van der Waals surface area contributed by atoms with Crippen molar-refractivity contribution in [1.82, 2.24) is 15.3 Å². The van der Waals surface area contributed by atoms with Gasteiger partial charge in [-0.1, -0.05) is 19.1 Å². The Labute approximate surface area is 107 Å². The normalized spacial score (nSPS) is 10.5. The monoisotopic (exact) mass is 245 g/mol. The van der Waals surface area contributed by atoms with Gasteiger partial charge in [0.1, 0.15) is 5.75 Å². The van der Waals surface area contributed by atoms with Gasteiger partial charge < -0.3 is 15.0 Å². The highest BCUT2D eigenvalue weighted by molar-refractivity contribution is 5.27. The Morgan fingerprint density at radius 1 is 1.22 bits per heavy atom. The summed E-state index contributed by atoms with van der Waals surface area (Å²) < 4.78 is 5.54. The third-order valence-electron chi connectivity index (χ3n) is 2.60. The van der Waals surface area contributed by atoms with Gasteiger partial charge in [-0.05, 0) is 24.1 Å². The molecule has 0 aliphatic rings. The number of hydrogen-bond acceptors (Lipinski definition) is 3. The van der Waals surface area contributed by atoms with Crippen molar-refractivity contribution < 1.29 is 4.74 Å². The lowest BCUT2D eigenvalue weighted by molar-refractivity contribution is 0.317. The molecule has 1 aromatic carbocycles. The summed E-state index contributed by atoms with van der Waals surface area (Å²) in [6.45, 7) is 4.52. The largest absolute Gasteiger partial charge is 0.494 e. The predicted octanol–water partition coefficient (Wildman–Crippen LogP) is 2.49. The number of H-pyrrole nitrogens is 1. The molecule has 0 atom stereocenters. The Bertz CT molecular complexity index is 437. The molecule has 4 nitrogen and oxygen atoms in total. The van der Waals surface area contributed by atoms with E-state index in [4.69, 9.17) is 4.74 Å². The van der Waals surface area contributed by atoms with Crippen molar-refractivity contribution in [1.29, 1.82) is 0 Å². The van der Waals surface area contributed by atoms with Gasteiger partial charge in [-0.2, -0.15) is 0 Å². The number of aromatic amines is 1. The second kappa shape index (κ2) is 6.81. The van der Waals surface area contributed by atoms with E-state index in [-0.39, 0.29) is 0 Å². The lowest BCUT2D eigenvalue weighted by Crippen LogP contribution is -2.12. The van der Waals surface area contributed by atoms with Gasteiger partial charge in [-0.15, -0.1) is 0 Å². The minimum Gasteiger partial charge on any atom is -0.494 e. The zero-order chi connectivity index (χ0) is 12.6. The SMILES string of the molecule is CCCOc1ccc(CNCc2cnc[nH]2)cc1. The summed E-state index contributed by atoms with van der Waals surface area (Å²) in [6, 6.07) is 8.21. The van der Waals surface area contributed by atoms with Crippen LogP contribution >= 0.6 is 0 Å². The number of imidazole rings is 1. The summed E-state index contributed by atoms with van der Waals surface area (Å²) in [7, 11) is 0. The number of rotatable bonds is 7. The highest BCUT2D eigenvalue weighted by Gasteiger charge is 1.96. The van der Waals surface area contributed by atoms with Crippen molar-refractivity contribution in [2.45, 2.75) is 26.4 Å². The molecule has 0 amide bonds. The smallest absolute Gasteiger partial charge is 0.119 e. The maximum absolute atomic E-state index is 5.54. The minimum atomic E-state index is 0.775. The van der Waals surface area contributed by atoms with E-state index in [0.29, 0.717) is 0 Å². The van der Waals surface area contributed by atoms with Crippen LogP contribution in [0.15, 0.2) is 36.8 Å². The van der Waals surface area contributed by atoms with Crippen LogP contribution in [0.4, 0.5) is 0 Å². The molecular weight excluding hydrogens is 226 g/mol. The van der Waals surface area contributed by atoms with Crippen molar-refractivity contribution >= 4 is 0 Å². The van der Waals surface area contributed by atoms with Crippen LogP contribution in [0.1, 0.15) is 24.6 Å². The number of benzene rings is 1. The van der Waals surface area contributed by atoms with Crippen LogP contribution in [0.3, 0.4) is 0 Å². The molecule has 1 heterocycles. The zero-order valence-corrected chi connectivity index (χ0v) is 10.6. The van der Waals surface area contributed by atoms with Crippen LogP contribution in [0, 0.1) is 0 Å². The van der Waals surface area contributed by atoms with E-state index in [9.17, 15) is 0 Å². The molecule has 0 unspecified atom stereocenters. The van der Waals surface area contributed by atoms with E-state index >= 15 is 0 Å². The molecule has 2 rings (SSSR count). The van der Waals surface area contributed by atoms with Crippen LogP contribution in [-0.4, -0.2) is 16.6 Å². The summed E-state index contributed by atoms with van der Waals surface area (Å²) in [6.07, 6.45) is 4.55. The molecule has 0 aliphatic heterocycles. The Balaban J connectivity index is 1.75. The van der Waals surface area contributed by atoms with Gasteiger partial charge in [0, 0.05) is 25.0 Å². The first-order valence-electron chi connectivity index (χ1n) is 6.28. The molecule has 4 heteroatoms. The zero-order valence-electron chi connectivity index (χ0n) is 10.6. The van der Waals surface area contributed by atoms with Gasteiger partial charge in [-0.3, -0.25) is 0 Å². The fourth-order valence-corrected chi connectivity index (χ4v) is 1.65. The summed E-state index contributed by atoms with van der Waals surface area (Å²) in [5.41, 5.74) is 2.34. The van der Waals surface area contributed by atoms with Crippen LogP contribution in [-0.2, 0) is 13.1 Å². The average molecular weight is 245 g/mol. The molecule has 1 aromatic heterocycles. The molecule has 0 fully saturated rings. The number of nitrogens with one attached hydrogen (secondary N) is 2. The van der Waals surface area contributed by atoms with Crippen molar-refractivity contribution in [3.05, 3.63) is 48.0 Å². The quantitative estimate of drug-likeness (QED) is 0.788.